The number of nitrogens with one attached hydrogen (secondary N) is 1. The number of hydrogen-bond acceptors (Lipinski definition) is 4. The molecule has 3 aromatic rings. The van der Waals surface area contributed by atoms with Crippen LogP contribution in [0, 0.1) is 11.3 Å². The number of rotatable bonds is 5. The van der Waals surface area contributed by atoms with E-state index in [-0.39, 0.29) is 11.9 Å². The highest BCUT2D eigenvalue weighted by atomic mass is 35.5. The standard InChI is InChI=1S/C23H22ClN5O/c1-3-26-20-10-18(24)8-9-19(20)21-11-22-23(30)28(13-15(2)29(22)27-21)14-17-6-4-16(12-25)5-7-17/h4-11,15,26H,3,13-14H2,1-2H3/t15-/m0/s1. The van der Waals surface area contributed by atoms with Gasteiger partial charge in [0, 0.05) is 35.9 Å². The number of amides is 1. The predicted molar refractivity (Wildman–Crippen MR) is 117 cm³/mol. The van der Waals surface area contributed by atoms with Gasteiger partial charge in [0.2, 0.25) is 0 Å². The van der Waals surface area contributed by atoms with Gasteiger partial charge in [0.1, 0.15) is 5.69 Å². The molecule has 0 unspecified atom stereocenters. The lowest BCUT2D eigenvalue weighted by molar-refractivity contribution is 0.0651. The number of nitrogens with zero attached hydrogens (tertiary/aromatic N) is 4. The second kappa shape index (κ2) is 8.21. The van der Waals surface area contributed by atoms with Gasteiger partial charge in [-0.1, -0.05) is 23.7 Å². The molecule has 2 aromatic carbocycles. The van der Waals surface area contributed by atoms with Crippen molar-refractivity contribution in [2.75, 3.05) is 18.4 Å². The van der Waals surface area contributed by atoms with Crippen molar-refractivity contribution in [3.63, 3.8) is 0 Å². The average Bonchev–Trinajstić information content (AvgIpc) is 3.19. The third-order valence-electron chi connectivity index (χ3n) is 5.23. The summed E-state index contributed by atoms with van der Waals surface area (Å²) in [6.07, 6.45) is 0. The lowest BCUT2D eigenvalue weighted by atomic mass is 10.1. The van der Waals surface area contributed by atoms with Crippen molar-refractivity contribution in [2.24, 2.45) is 0 Å². The molecule has 1 aliphatic rings. The van der Waals surface area contributed by atoms with Crippen LogP contribution in [0.25, 0.3) is 11.3 Å². The van der Waals surface area contributed by atoms with Crippen LogP contribution in [-0.2, 0) is 6.54 Å². The summed E-state index contributed by atoms with van der Waals surface area (Å²) in [4.78, 5) is 15.0. The number of anilines is 1. The molecule has 0 fully saturated rings. The van der Waals surface area contributed by atoms with Crippen molar-refractivity contribution < 1.29 is 4.79 Å². The van der Waals surface area contributed by atoms with Crippen molar-refractivity contribution in [3.05, 3.63) is 70.4 Å². The van der Waals surface area contributed by atoms with Gasteiger partial charge in [-0.2, -0.15) is 10.4 Å². The molecular weight excluding hydrogens is 398 g/mol. The van der Waals surface area contributed by atoms with E-state index in [0.29, 0.717) is 29.4 Å². The number of halogens is 1. The number of aromatic nitrogens is 2. The van der Waals surface area contributed by atoms with E-state index in [1.807, 2.05) is 52.9 Å². The minimum absolute atomic E-state index is 0.0461. The van der Waals surface area contributed by atoms with Gasteiger partial charge in [-0.05, 0) is 55.8 Å². The molecule has 1 aromatic heterocycles. The highest BCUT2D eigenvalue weighted by Crippen LogP contribution is 2.33. The topological polar surface area (TPSA) is 74.0 Å². The summed E-state index contributed by atoms with van der Waals surface area (Å²) in [5, 5.41) is 17.7. The lowest BCUT2D eigenvalue weighted by Crippen LogP contribution is -2.41. The summed E-state index contributed by atoms with van der Waals surface area (Å²) in [6, 6.07) is 17.0. The molecule has 2 heterocycles. The van der Waals surface area contributed by atoms with E-state index in [9.17, 15) is 4.79 Å². The molecular formula is C23H22ClN5O. The summed E-state index contributed by atoms with van der Waals surface area (Å²) in [5.41, 5.74) is 4.75. The Hall–Kier alpha value is -3.30. The van der Waals surface area contributed by atoms with Crippen LogP contribution in [0.5, 0.6) is 0 Å². The van der Waals surface area contributed by atoms with Crippen molar-refractivity contribution in [2.45, 2.75) is 26.4 Å². The van der Waals surface area contributed by atoms with Crippen molar-refractivity contribution in [3.8, 4) is 17.3 Å². The number of carbonyl (C=O) groups excluding carboxylic acids is 1. The third kappa shape index (κ3) is 3.77. The molecule has 0 spiro atoms. The second-order valence-corrected chi connectivity index (χ2v) is 7.86. The first-order valence-electron chi connectivity index (χ1n) is 9.91. The van der Waals surface area contributed by atoms with Gasteiger partial charge in [-0.15, -0.1) is 0 Å². The zero-order valence-electron chi connectivity index (χ0n) is 16.9. The van der Waals surface area contributed by atoms with E-state index in [1.54, 1.807) is 12.1 Å². The molecule has 152 valence electrons. The summed E-state index contributed by atoms with van der Waals surface area (Å²) in [7, 11) is 0. The summed E-state index contributed by atoms with van der Waals surface area (Å²) in [6.45, 7) is 5.92. The highest BCUT2D eigenvalue weighted by Gasteiger charge is 2.31. The van der Waals surface area contributed by atoms with E-state index in [4.69, 9.17) is 22.0 Å². The Morgan fingerprint density at radius 2 is 2.00 bits per heavy atom. The van der Waals surface area contributed by atoms with Crippen LogP contribution in [0.1, 0.15) is 41.5 Å². The molecule has 0 bridgehead atoms. The molecule has 0 saturated heterocycles. The number of fused-ring (bicyclic) bond motifs is 1. The molecule has 0 aliphatic carbocycles. The van der Waals surface area contributed by atoms with Crippen LogP contribution in [-0.4, -0.2) is 33.7 Å². The van der Waals surface area contributed by atoms with Crippen LogP contribution < -0.4 is 5.32 Å². The van der Waals surface area contributed by atoms with Gasteiger partial charge in [0.25, 0.3) is 5.91 Å². The van der Waals surface area contributed by atoms with Crippen molar-refractivity contribution in [1.29, 1.82) is 5.26 Å². The van der Waals surface area contributed by atoms with E-state index < -0.39 is 0 Å². The molecule has 0 saturated carbocycles. The third-order valence-corrected chi connectivity index (χ3v) is 5.46. The number of hydrogen-bond donors (Lipinski definition) is 1. The quantitative estimate of drug-likeness (QED) is 0.649. The maximum atomic E-state index is 13.2. The van der Waals surface area contributed by atoms with E-state index in [0.717, 1.165) is 29.1 Å². The van der Waals surface area contributed by atoms with E-state index >= 15 is 0 Å². The molecule has 1 amide bonds. The average molecular weight is 420 g/mol. The monoisotopic (exact) mass is 419 g/mol. The molecule has 1 atom stereocenters. The number of nitriles is 1. The maximum absolute atomic E-state index is 13.2. The van der Waals surface area contributed by atoms with Gasteiger partial charge in [0.05, 0.1) is 23.4 Å². The smallest absolute Gasteiger partial charge is 0.272 e. The molecule has 6 nitrogen and oxygen atoms in total. The Morgan fingerprint density at radius 1 is 1.23 bits per heavy atom. The van der Waals surface area contributed by atoms with Gasteiger partial charge in [-0.3, -0.25) is 9.48 Å². The molecule has 30 heavy (non-hydrogen) atoms. The van der Waals surface area contributed by atoms with Gasteiger partial charge < -0.3 is 10.2 Å². The first-order valence-corrected chi connectivity index (χ1v) is 10.3. The fourth-order valence-electron chi connectivity index (χ4n) is 3.78. The second-order valence-electron chi connectivity index (χ2n) is 7.42. The molecule has 7 heteroatoms. The summed E-state index contributed by atoms with van der Waals surface area (Å²) < 4.78 is 1.82. The Bertz CT molecular complexity index is 1130. The lowest BCUT2D eigenvalue weighted by Gasteiger charge is -2.31. The molecule has 0 radical (unpaired) electrons. The van der Waals surface area contributed by atoms with Crippen molar-refractivity contribution >= 4 is 23.2 Å². The largest absolute Gasteiger partial charge is 0.385 e. The van der Waals surface area contributed by atoms with Gasteiger partial charge in [-0.25, -0.2) is 0 Å². The van der Waals surface area contributed by atoms with Gasteiger partial charge >= 0.3 is 0 Å². The highest BCUT2D eigenvalue weighted by molar-refractivity contribution is 6.31. The molecule has 4 rings (SSSR count). The van der Waals surface area contributed by atoms with Crippen LogP contribution in [0.4, 0.5) is 5.69 Å². The van der Waals surface area contributed by atoms with E-state index in [1.165, 1.54) is 0 Å². The Balaban J connectivity index is 1.64. The molecule has 1 N–H and O–H groups in total. The SMILES string of the molecule is CCNc1cc(Cl)ccc1-c1cc2n(n1)[C@@H](C)CN(Cc1ccc(C#N)cc1)C2=O. The van der Waals surface area contributed by atoms with Crippen LogP contribution in [0.15, 0.2) is 48.5 Å². The minimum atomic E-state index is -0.0461. The summed E-state index contributed by atoms with van der Waals surface area (Å²) in [5.74, 6) is -0.0461. The predicted octanol–water partition coefficient (Wildman–Crippen LogP) is 4.72. The fourth-order valence-corrected chi connectivity index (χ4v) is 3.95. The van der Waals surface area contributed by atoms with Crippen LogP contribution in [0.3, 0.4) is 0 Å². The Labute approximate surface area is 180 Å². The fraction of sp³-hybridized carbons (Fsp3) is 0.261. The molecule has 1 aliphatic heterocycles. The van der Waals surface area contributed by atoms with Gasteiger partial charge in [0.15, 0.2) is 0 Å². The Kier molecular flexibility index (Phi) is 5.47. The van der Waals surface area contributed by atoms with Crippen molar-refractivity contribution in [1.82, 2.24) is 14.7 Å². The number of benzene rings is 2. The zero-order chi connectivity index (χ0) is 21.3. The first-order chi connectivity index (χ1) is 14.5. The minimum Gasteiger partial charge on any atom is -0.385 e. The summed E-state index contributed by atoms with van der Waals surface area (Å²) >= 11 is 6.16. The normalized spacial score (nSPS) is 15.6. The van der Waals surface area contributed by atoms with Crippen LogP contribution in [0.2, 0.25) is 5.02 Å². The maximum Gasteiger partial charge on any atom is 0.272 e. The van der Waals surface area contributed by atoms with Crippen LogP contribution >= 0.6 is 11.6 Å². The van der Waals surface area contributed by atoms with E-state index in [2.05, 4.69) is 18.3 Å². The zero-order valence-corrected chi connectivity index (χ0v) is 17.6. The Morgan fingerprint density at radius 3 is 2.70 bits per heavy atom. The number of carbonyl (C=O) groups is 1. The first kappa shape index (κ1) is 20.0.